The highest BCUT2D eigenvalue weighted by Gasteiger charge is 2.22. The molecule has 0 rings (SSSR count). The van der Waals surface area contributed by atoms with Crippen molar-refractivity contribution in [1.29, 1.82) is 0 Å². The van der Waals surface area contributed by atoms with E-state index in [2.05, 4.69) is 11.9 Å². The van der Waals surface area contributed by atoms with Gasteiger partial charge in [-0.3, -0.25) is 9.59 Å². The van der Waals surface area contributed by atoms with Crippen LogP contribution in [0.2, 0.25) is 0 Å². The maximum atomic E-state index is 11.5. The Kier molecular flexibility index (Phi) is 6.82. The first-order valence-electron chi connectivity index (χ1n) is 6.00. The minimum atomic E-state index is -1.18. The maximum Gasteiger partial charge on any atom is 0.326 e. The third kappa shape index (κ3) is 8.82. The van der Waals surface area contributed by atoms with Gasteiger partial charge in [-0.25, -0.2) is 4.79 Å². The van der Waals surface area contributed by atoms with E-state index in [-0.39, 0.29) is 19.3 Å². The average molecular weight is 271 g/mol. The fourth-order valence-corrected chi connectivity index (χ4v) is 1.30. The van der Waals surface area contributed by atoms with Crippen molar-refractivity contribution in [2.45, 2.75) is 51.7 Å². The molecule has 6 nitrogen and oxygen atoms in total. The van der Waals surface area contributed by atoms with E-state index in [9.17, 15) is 14.4 Å². The van der Waals surface area contributed by atoms with Crippen molar-refractivity contribution in [3.8, 4) is 0 Å². The van der Waals surface area contributed by atoms with Crippen LogP contribution >= 0.6 is 0 Å². The second-order valence-electron chi connectivity index (χ2n) is 5.08. The number of carbonyl (C=O) groups excluding carboxylic acids is 2. The molecule has 0 aliphatic carbocycles. The summed E-state index contributed by atoms with van der Waals surface area (Å²) in [5.74, 6) is -2.11. The molecular weight excluding hydrogens is 250 g/mol. The zero-order valence-electron chi connectivity index (χ0n) is 11.6. The molecule has 1 amide bonds. The largest absolute Gasteiger partial charge is 0.480 e. The molecule has 0 fully saturated rings. The molecule has 0 aromatic carbocycles. The summed E-state index contributed by atoms with van der Waals surface area (Å²) >= 11 is 0. The van der Waals surface area contributed by atoms with Crippen LogP contribution in [0.1, 0.15) is 40.0 Å². The number of rotatable bonds is 7. The molecule has 0 aliphatic heterocycles. The van der Waals surface area contributed by atoms with Crippen LogP contribution in [-0.4, -0.2) is 34.6 Å². The van der Waals surface area contributed by atoms with E-state index in [1.807, 2.05) is 0 Å². The third-order valence-corrected chi connectivity index (χ3v) is 2.02. The summed E-state index contributed by atoms with van der Waals surface area (Å²) in [6.07, 6.45) is 1.34. The quantitative estimate of drug-likeness (QED) is 0.537. The van der Waals surface area contributed by atoms with Crippen molar-refractivity contribution in [1.82, 2.24) is 5.32 Å². The molecule has 0 radical (unpaired) electrons. The Morgan fingerprint density at radius 1 is 1.37 bits per heavy atom. The average Bonchev–Trinajstić information content (AvgIpc) is 2.21. The first-order chi connectivity index (χ1) is 8.65. The number of hydrogen-bond acceptors (Lipinski definition) is 4. The third-order valence-electron chi connectivity index (χ3n) is 2.02. The number of aliphatic carboxylic acids is 1. The Bertz CT molecular complexity index is 357. The lowest BCUT2D eigenvalue weighted by Gasteiger charge is -2.20. The number of carboxylic acids is 1. The highest BCUT2D eigenvalue weighted by molar-refractivity contribution is 5.84. The van der Waals surface area contributed by atoms with Gasteiger partial charge in [-0.15, -0.1) is 6.58 Å². The normalized spacial score (nSPS) is 12.4. The van der Waals surface area contributed by atoms with Crippen LogP contribution < -0.4 is 5.32 Å². The van der Waals surface area contributed by atoms with Crippen LogP contribution in [0.15, 0.2) is 12.7 Å². The van der Waals surface area contributed by atoms with Crippen LogP contribution in [0.25, 0.3) is 0 Å². The smallest absolute Gasteiger partial charge is 0.326 e. The predicted molar refractivity (Wildman–Crippen MR) is 69.5 cm³/mol. The van der Waals surface area contributed by atoms with E-state index in [1.54, 1.807) is 20.8 Å². The zero-order valence-corrected chi connectivity index (χ0v) is 11.6. The van der Waals surface area contributed by atoms with Crippen LogP contribution in [0.5, 0.6) is 0 Å². The summed E-state index contributed by atoms with van der Waals surface area (Å²) in [5, 5.41) is 11.3. The van der Waals surface area contributed by atoms with Gasteiger partial charge in [0.15, 0.2) is 0 Å². The molecule has 0 spiro atoms. The molecule has 108 valence electrons. The molecule has 2 N–H and O–H groups in total. The second-order valence-corrected chi connectivity index (χ2v) is 5.08. The monoisotopic (exact) mass is 271 g/mol. The number of carboxylic acid groups (broad SMARTS) is 1. The summed E-state index contributed by atoms with van der Waals surface area (Å²) < 4.78 is 5.06. The van der Waals surface area contributed by atoms with E-state index in [1.165, 1.54) is 6.08 Å². The SMILES string of the molecule is C=CCC(=O)N[C@H](CCC(=O)OC(C)(C)C)C(=O)O. The fourth-order valence-electron chi connectivity index (χ4n) is 1.30. The Balaban J connectivity index is 4.29. The van der Waals surface area contributed by atoms with Crippen molar-refractivity contribution >= 4 is 17.8 Å². The van der Waals surface area contributed by atoms with Gasteiger partial charge < -0.3 is 15.2 Å². The molecule has 0 unspecified atom stereocenters. The van der Waals surface area contributed by atoms with Gasteiger partial charge in [-0.2, -0.15) is 0 Å². The molecule has 0 heterocycles. The first kappa shape index (κ1) is 17.2. The molecule has 0 saturated heterocycles. The fraction of sp³-hybridized carbons (Fsp3) is 0.615. The Morgan fingerprint density at radius 2 is 1.95 bits per heavy atom. The minimum absolute atomic E-state index is 0.00682. The van der Waals surface area contributed by atoms with Gasteiger partial charge in [-0.1, -0.05) is 6.08 Å². The maximum absolute atomic E-state index is 11.5. The second kappa shape index (κ2) is 7.56. The Labute approximate surface area is 112 Å². The molecule has 0 aromatic rings. The Hall–Kier alpha value is -1.85. The lowest BCUT2D eigenvalue weighted by atomic mass is 10.1. The van der Waals surface area contributed by atoms with Crippen molar-refractivity contribution in [2.75, 3.05) is 0 Å². The first-order valence-corrected chi connectivity index (χ1v) is 6.00. The summed E-state index contributed by atoms with van der Waals surface area (Å²) in [5.41, 5.74) is -0.609. The van der Waals surface area contributed by atoms with E-state index in [0.29, 0.717) is 0 Å². The highest BCUT2D eigenvalue weighted by Crippen LogP contribution is 2.10. The predicted octanol–water partition coefficient (Wildman–Crippen LogP) is 1.25. The molecule has 0 aromatic heterocycles. The van der Waals surface area contributed by atoms with Crippen LogP contribution in [-0.2, 0) is 19.1 Å². The molecule has 0 saturated carbocycles. The summed E-state index contributed by atoms with van der Waals surface area (Å²) in [4.78, 5) is 33.7. The molecule has 0 bridgehead atoms. The van der Waals surface area contributed by atoms with Crippen molar-refractivity contribution < 1.29 is 24.2 Å². The van der Waals surface area contributed by atoms with Gasteiger partial charge >= 0.3 is 11.9 Å². The van der Waals surface area contributed by atoms with Crippen LogP contribution in [0, 0.1) is 0 Å². The van der Waals surface area contributed by atoms with Crippen molar-refractivity contribution in [3.63, 3.8) is 0 Å². The lowest BCUT2D eigenvalue weighted by Crippen LogP contribution is -2.41. The number of ether oxygens (including phenoxy) is 1. The van der Waals surface area contributed by atoms with Crippen LogP contribution in [0.3, 0.4) is 0 Å². The summed E-state index contributed by atoms with van der Waals surface area (Å²) in [7, 11) is 0. The van der Waals surface area contributed by atoms with Crippen molar-refractivity contribution in [2.24, 2.45) is 0 Å². The molecule has 19 heavy (non-hydrogen) atoms. The summed E-state index contributed by atoms with van der Waals surface area (Å²) in [6, 6.07) is -1.10. The van der Waals surface area contributed by atoms with E-state index in [0.717, 1.165) is 0 Å². The summed E-state index contributed by atoms with van der Waals surface area (Å²) in [6.45, 7) is 8.57. The minimum Gasteiger partial charge on any atom is -0.480 e. The van der Waals surface area contributed by atoms with E-state index >= 15 is 0 Å². The van der Waals surface area contributed by atoms with Gasteiger partial charge in [0.05, 0.1) is 0 Å². The zero-order chi connectivity index (χ0) is 15.1. The van der Waals surface area contributed by atoms with Gasteiger partial charge in [-0.05, 0) is 27.2 Å². The number of carbonyl (C=O) groups is 3. The van der Waals surface area contributed by atoms with Crippen molar-refractivity contribution in [3.05, 3.63) is 12.7 Å². The van der Waals surface area contributed by atoms with Gasteiger partial charge in [0.2, 0.25) is 5.91 Å². The van der Waals surface area contributed by atoms with E-state index in [4.69, 9.17) is 9.84 Å². The molecule has 6 heteroatoms. The number of esters is 1. The lowest BCUT2D eigenvalue weighted by molar-refractivity contribution is -0.155. The highest BCUT2D eigenvalue weighted by atomic mass is 16.6. The number of amides is 1. The number of hydrogen-bond donors (Lipinski definition) is 2. The van der Waals surface area contributed by atoms with Gasteiger partial charge in [0, 0.05) is 12.8 Å². The molecular formula is C13H21NO5. The molecule has 0 aliphatic rings. The van der Waals surface area contributed by atoms with Crippen LogP contribution in [0.4, 0.5) is 0 Å². The Morgan fingerprint density at radius 3 is 2.37 bits per heavy atom. The topological polar surface area (TPSA) is 92.7 Å². The van der Waals surface area contributed by atoms with Gasteiger partial charge in [0.25, 0.3) is 0 Å². The standard InChI is InChI=1S/C13H21NO5/c1-5-6-10(15)14-9(12(17)18)7-8-11(16)19-13(2,3)4/h5,9H,1,6-8H2,2-4H3,(H,14,15)(H,17,18)/t9-/m1/s1. The molecule has 1 atom stereocenters. The number of nitrogens with one attached hydrogen (secondary N) is 1. The van der Waals surface area contributed by atoms with Gasteiger partial charge in [0.1, 0.15) is 11.6 Å². The van der Waals surface area contributed by atoms with E-state index < -0.39 is 29.5 Å².